The van der Waals surface area contributed by atoms with Gasteiger partial charge >= 0.3 is 0 Å². The molecule has 2 rings (SSSR count). The lowest BCUT2D eigenvalue weighted by atomic mass is 10.2. The fraction of sp³-hybridized carbons (Fsp3) is 0.294. The third-order valence-corrected chi connectivity index (χ3v) is 4.66. The molecular weight excluding hydrogens is 316 g/mol. The summed E-state index contributed by atoms with van der Waals surface area (Å²) < 4.78 is 0. The van der Waals surface area contributed by atoms with Crippen LogP contribution in [0.2, 0.25) is 5.02 Å². The first-order chi connectivity index (χ1) is 10.7. The Balaban J connectivity index is 2.10. The Bertz CT molecular complexity index is 634. The zero-order valence-corrected chi connectivity index (χ0v) is 14.1. The van der Waals surface area contributed by atoms with Crippen molar-refractivity contribution in [1.29, 1.82) is 0 Å². The quantitative estimate of drug-likeness (QED) is 0.739. The van der Waals surface area contributed by atoms with Gasteiger partial charge in [-0.3, -0.25) is 4.79 Å². The first kappa shape index (κ1) is 16.8. The van der Waals surface area contributed by atoms with Gasteiger partial charge in [-0.2, -0.15) is 0 Å². The van der Waals surface area contributed by atoms with Gasteiger partial charge in [0.05, 0.1) is 10.6 Å². The highest BCUT2D eigenvalue weighted by Gasteiger charge is 2.14. The summed E-state index contributed by atoms with van der Waals surface area (Å²) in [7, 11) is 0. The molecule has 2 aromatic rings. The Morgan fingerprint density at radius 3 is 2.82 bits per heavy atom. The van der Waals surface area contributed by atoms with E-state index in [1.54, 1.807) is 18.3 Å². The predicted molar refractivity (Wildman–Crippen MR) is 91.7 cm³/mol. The molecule has 22 heavy (non-hydrogen) atoms. The lowest BCUT2D eigenvalue weighted by Crippen LogP contribution is -2.25. The van der Waals surface area contributed by atoms with E-state index in [2.05, 4.69) is 17.2 Å². The zero-order chi connectivity index (χ0) is 15.8. The molecule has 116 valence electrons. The van der Waals surface area contributed by atoms with Gasteiger partial charge in [0.15, 0.2) is 0 Å². The molecule has 1 heterocycles. The maximum Gasteiger partial charge on any atom is 0.254 e. The number of nitrogens with one attached hydrogen (secondary N) is 1. The number of benzene rings is 1. The summed E-state index contributed by atoms with van der Waals surface area (Å²) >= 11 is 7.58. The summed E-state index contributed by atoms with van der Waals surface area (Å²) in [6.07, 6.45) is 4.94. The number of rotatable bonds is 7. The maximum atomic E-state index is 12.3. The number of hydrogen-bond acceptors (Lipinski definition) is 3. The molecule has 1 aromatic carbocycles. The van der Waals surface area contributed by atoms with Gasteiger partial charge in [-0.1, -0.05) is 55.3 Å². The Kier molecular flexibility index (Phi) is 6.74. The largest absolute Gasteiger partial charge is 0.352 e. The van der Waals surface area contributed by atoms with Crippen molar-refractivity contribution in [2.24, 2.45) is 0 Å². The molecule has 0 saturated heterocycles. The molecule has 1 aromatic heterocycles. The van der Waals surface area contributed by atoms with E-state index in [4.69, 9.17) is 11.6 Å². The van der Waals surface area contributed by atoms with Gasteiger partial charge in [-0.05, 0) is 30.7 Å². The molecule has 0 unspecified atom stereocenters. The first-order valence-electron chi connectivity index (χ1n) is 7.38. The molecule has 0 bridgehead atoms. The van der Waals surface area contributed by atoms with Crippen LogP contribution in [0.1, 0.15) is 36.5 Å². The van der Waals surface area contributed by atoms with Gasteiger partial charge < -0.3 is 5.32 Å². The molecule has 1 amide bonds. The second kappa shape index (κ2) is 8.81. The average molecular weight is 335 g/mol. The summed E-state index contributed by atoms with van der Waals surface area (Å²) in [4.78, 5) is 17.5. The van der Waals surface area contributed by atoms with Crippen LogP contribution < -0.4 is 5.32 Å². The average Bonchev–Trinajstić information content (AvgIpc) is 2.54. The second-order valence-corrected chi connectivity index (χ2v) is 6.29. The zero-order valence-electron chi connectivity index (χ0n) is 12.5. The number of nitrogens with zero attached hydrogens (tertiary/aromatic N) is 1. The minimum atomic E-state index is -0.0845. The van der Waals surface area contributed by atoms with Crippen LogP contribution >= 0.6 is 23.4 Å². The number of carbonyl (C=O) groups excluding carboxylic acids is 1. The Morgan fingerprint density at radius 2 is 2.05 bits per heavy atom. The Labute approximate surface area is 140 Å². The number of carbonyl (C=O) groups is 1. The smallest absolute Gasteiger partial charge is 0.254 e. The minimum Gasteiger partial charge on any atom is -0.352 e. The van der Waals surface area contributed by atoms with Crippen molar-refractivity contribution in [3.8, 4) is 0 Å². The highest BCUT2D eigenvalue weighted by molar-refractivity contribution is 7.99. The van der Waals surface area contributed by atoms with Crippen LogP contribution in [0.15, 0.2) is 52.5 Å². The minimum absolute atomic E-state index is 0.0845. The fourth-order valence-corrected chi connectivity index (χ4v) is 3.10. The Hall–Kier alpha value is -1.52. The van der Waals surface area contributed by atoms with Crippen LogP contribution in [0.3, 0.4) is 0 Å². The van der Waals surface area contributed by atoms with Crippen LogP contribution in [0.5, 0.6) is 0 Å². The van der Waals surface area contributed by atoms with Gasteiger partial charge in [0.1, 0.15) is 5.03 Å². The summed E-state index contributed by atoms with van der Waals surface area (Å²) in [5.41, 5.74) is 0.587. The lowest BCUT2D eigenvalue weighted by Gasteiger charge is -2.09. The molecule has 0 saturated carbocycles. The van der Waals surface area contributed by atoms with E-state index in [0.29, 0.717) is 22.2 Å². The lowest BCUT2D eigenvalue weighted by molar-refractivity contribution is 0.0949. The van der Waals surface area contributed by atoms with Crippen LogP contribution in [0.25, 0.3) is 0 Å². The van der Waals surface area contributed by atoms with Crippen molar-refractivity contribution in [3.05, 3.63) is 53.2 Å². The van der Waals surface area contributed by atoms with Gasteiger partial charge in [0.2, 0.25) is 0 Å². The molecule has 5 heteroatoms. The molecule has 0 aliphatic carbocycles. The van der Waals surface area contributed by atoms with Crippen LogP contribution in [0.4, 0.5) is 0 Å². The summed E-state index contributed by atoms with van der Waals surface area (Å²) in [6, 6.07) is 11.1. The summed E-state index contributed by atoms with van der Waals surface area (Å²) in [5.74, 6) is -0.0845. The van der Waals surface area contributed by atoms with E-state index < -0.39 is 0 Å². The number of amides is 1. The van der Waals surface area contributed by atoms with Gasteiger partial charge in [0, 0.05) is 17.6 Å². The first-order valence-corrected chi connectivity index (χ1v) is 8.57. The van der Waals surface area contributed by atoms with E-state index in [1.165, 1.54) is 11.8 Å². The van der Waals surface area contributed by atoms with E-state index in [-0.39, 0.29) is 5.91 Å². The van der Waals surface area contributed by atoms with E-state index >= 15 is 0 Å². The van der Waals surface area contributed by atoms with Crippen LogP contribution in [-0.2, 0) is 0 Å². The van der Waals surface area contributed by atoms with Crippen molar-refractivity contribution in [2.45, 2.75) is 36.1 Å². The van der Waals surface area contributed by atoms with Gasteiger partial charge in [-0.15, -0.1) is 0 Å². The highest BCUT2D eigenvalue weighted by atomic mass is 35.5. The second-order valence-electron chi connectivity index (χ2n) is 4.85. The summed E-state index contributed by atoms with van der Waals surface area (Å²) in [5, 5.41) is 4.28. The van der Waals surface area contributed by atoms with E-state index in [9.17, 15) is 4.79 Å². The van der Waals surface area contributed by atoms with Crippen molar-refractivity contribution >= 4 is 29.3 Å². The standard InChI is InChI=1S/C17H19ClN2OS/c1-2-3-6-11-19-16(21)13-8-7-12-20-17(13)22-15-10-5-4-9-14(15)18/h4-5,7-10,12H,2-3,6,11H2,1H3,(H,19,21). The molecule has 0 aliphatic heterocycles. The van der Waals surface area contributed by atoms with Gasteiger partial charge in [0.25, 0.3) is 5.91 Å². The maximum absolute atomic E-state index is 12.3. The normalized spacial score (nSPS) is 10.5. The van der Waals surface area contributed by atoms with Gasteiger partial charge in [-0.25, -0.2) is 4.98 Å². The summed E-state index contributed by atoms with van der Waals surface area (Å²) in [6.45, 7) is 2.83. The van der Waals surface area contributed by atoms with Crippen molar-refractivity contribution in [3.63, 3.8) is 0 Å². The third kappa shape index (κ3) is 4.75. The number of hydrogen-bond donors (Lipinski definition) is 1. The third-order valence-electron chi connectivity index (χ3n) is 3.12. The van der Waals surface area contributed by atoms with E-state index in [1.807, 2.05) is 24.3 Å². The molecular formula is C17H19ClN2OS. The van der Waals surface area contributed by atoms with Crippen LogP contribution in [-0.4, -0.2) is 17.4 Å². The molecule has 0 aliphatic rings. The highest BCUT2D eigenvalue weighted by Crippen LogP contribution is 2.33. The molecule has 0 radical (unpaired) electrons. The van der Waals surface area contributed by atoms with Crippen molar-refractivity contribution in [2.75, 3.05) is 6.54 Å². The topological polar surface area (TPSA) is 42.0 Å². The van der Waals surface area contributed by atoms with E-state index in [0.717, 1.165) is 24.2 Å². The molecule has 0 atom stereocenters. The molecule has 0 spiro atoms. The molecule has 3 nitrogen and oxygen atoms in total. The fourth-order valence-electron chi connectivity index (χ4n) is 1.95. The molecule has 0 fully saturated rings. The Morgan fingerprint density at radius 1 is 1.23 bits per heavy atom. The van der Waals surface area contributed by atoms with Crippen molar-refractivity contribution < 1.29 is 4.79 Å². The predicted octanol–water partition coefficient (Wildman–Crippen LogP) is 4.81. The van der Waals surface area contributed by atoms with Crippen molar-refractivity contribution in [1.82, 2.24) is 10.3 Å². The van der Waals surface area contributed by atoms with Crippen LogP contribution in [0, 0.1) is 0 Å². The SMILES string of the molecule is CCCCCNC(=O)c1cccnc1Sc1ccccc1Cl. The number of pyridine rings is 1. The monoisotopic (exact) mass is 334 g/mol. The molecule has 1 N–H and O–H groups in total. The number of aromatic nitrogens is 1. The number of halogens is 1. The number of unbranched alkanes of at least 4 members (excludes halogenated alkanes) is 2.